The number of benzene rings is 1. The molecule has 2 heterocycles. The van der Waals surface area contributed by atoms with E-state index in [0.29, 0.717) is 4.77 Å². The van der Waals surface area contributed by atoms with Gasteiger partial charge in [0.05, 0.1) is 11.1 Å². The van der Waals surface area contributed by atoms with Gasteiger partial charge in [-0.2, -0.15) is 0 Å². The molecular weight excluding hydrogens is 312 g/mol. The zero-order chi connectivity index (χ0) is 15.1. The number of aryl methyl sites for hydroxylation is 2. The van der Waals surface area contributed by atoms with Gasteiger partial charge < -0.3 is 4.98 Å². The van der Waals surface area contributed by atoms with Crippen LogP contribution >= 0.6 is 23.6 Å². The topological polar surface area (TPSA) is 37.8 Å². The minimum absolute atomic E-state index is 0.0179. The van der Waals surface area contributed by atoms with E-state index >= 15 is 0 Å². The maximum atomic E-state index is 13.1. The highest BCUT2D eigenvalue weighted by atomic mass is 32.1. The van der Waals surface area contributed by atoms with Gasteiger partial charge in [-0.05, 0) is 55.6 Å². The van der Waals surface area contributed by atoms with Crippen molar-refractivity contribution in [1.29, 1.82) is 0 Å². The zero-order valence-electron chi connectivity index (χ0n) is 12.1. The third-order valence-corrected chi connectivity index (χ3v) is 5.77. The van der Waals surface area contributed by atoms with Gasteiger partial charge in [-0.15, -0.1) is 11.3 Å². The van der Waals surface area contributed by atoms with Crippen molar-refractivity contribution in [3.63, 3.8) is 0 Å². The van der Waals surface area contributed by atoms with Crippen LogP contribution in [0.2, 0.25) is 0 Å². The van der Waals surface area contributed by atoms with E-state index in [1.165, 1.54) is 29.7 Å². The fourth-order valence-electron chi connectivity index (χ4n) is 3.23. The number of hydrogen-bond acceptors (Lipinski definition) is 3. The molecule has 3 nitrogen and oxygen atoms in total. The van der Waals surface area contributed by atoms with Crippen molar-refractivity contribution in [2.24, 2.45) is 0 Å². The Hall–Kier alpha value is -1.72. The summed E-state index contributed by atoms with van der Waals surface area (Å²) in [4.78, 5) is 18.7. The highest BCUT2D eigenvalue weighted by Crippen LogP contribution is 2.33. The molecule has 3 aromatic rings. The first-order valence-electron chi connectivity index (χ1n) is 7.61. The summed E-state index contributed by atoms with van der Waals surface area (Å²) in [5.41, 5.74) is 2.09. The molecule has 1 aliphatic rings. The summed E-state index contributed by atoms with van der Waals surface area (Å²) in [5, 5.41) is 0.847. The van der Waals surface area contributed by atoms with Gasteiger partial charge in [-0.3, -0.25) is 9.36 Å². The molecule has 0 unspecified atom stereocenters. The molecule has 0 spiro atoms. The Bertz CT molecular complexity index is 950. The zero-order valence-corrected chi connectivity index (χ0v) is 13.7. The van der Waals surface area contributed by atoms with Crippen LogP contribution in [0.1, 0.15) is 29.7 Å². The minimum Gasteiger partial charge on any atom is -0.323 e. The van der Waals surface area contributed by atoms with Crippen LogP contribution in [0, 0.1) is 4.77 Å². The molecule has 1 aliphatic carbocycles. The lowest BCUT2D eigenvalue weighted by Crippen LogP contribution is -2.20. The Morgan fingerprint density at radius 2 is 1.86 bits per heavy atom. The van der Waals surface area contributed by atoms with E-state index < -0.39 is 0 Å². The average Bonchev–Trinajstić information content (AvgIpc) is 2.70. The van der Waals surface area contributed by atoms with Crippen LogP contribution < -0.4 is 5.56 Å². The Morgan fingerprint density at radius 1 is 1.09 bits per heavy atom. The first-order valence-corrected chi connectivity index (χ1v) is 8.83. The normalized spacial score (nSPS) is 14.7. The molecule has 0 radical (unpaired) electrons. The standard InChI is InChI=1S/C17H16N2OS2/c20-16-14-12-9-5-2-6-10-13(12)22-15(14)18-17(21)19(16)11-7-3-1-4-8-11/h1,3-4,7-8H,2,5-6,9-10H2,(H,18,21). The Balaban J connectivity index is 2.06. The average molecular weight is 328 g/mol. The second kappa shape index (κ2) is 5.48. The summed E-state index contributed by atoms with van der Waals surface area (Å²) in [5.74, 6) is 0. The monoisotopic (exact) mass is 328 g/mol. The molecule has 1 aromatic carbocycles. The van der Waals surface area contributed by atoms with Gasteiger partial charge in [-0.25, -0.2) is 0 Å². The van der Waals surface area contributed by atoms with Gasteiger partial charge in [0.15, 0.2) is 4.77 Å². The van der Waals surface area contributed by atoms with Crippen molar-refractivity contribution in [2.45, 2.75) is 32.1 Å². The molecule has 0 saturated carbocycles. The van der Waals surface area contributed by atoms with E-state index in [4.69, 9.17) is 12.2 Å². The minimum atomic E-state index is 0.0179. The van der Waals surface area contributed by atoms with E-state index in [1.54, 1.807) is 15.9 Å². The summed E-state index contributed by atoms with van der Waals surface area (Å²) in [6.45, 7) is 0. The largest absolute Gasteiger partial charge is 0.323 e. The predicted octanol–water partition coefficient (Wildman–Crippen LogP) is 4.38. The molecule has 0 fully saturated rings. The first-order chi connectivity index (χ1) is 10.8. The fraction of sp³-hybridized carbons (Fsp3) is 0.294. The van der Waals surface area contributed by atoms with Gasteiger partial charge in [0.1, 0.15) is 4.83 Å². The molecule has 22 heavy (non-hydrogen) atoms. The number of thiophene rings is 1. The SMILES string of the molecule is O=c1c2c3c(sc2[nH]c(=S)n1-c1ccccc1)CCCCC3. The smallest absolute Gasteiger partial charge is 0.267 e. The van der Waals surface area contributed by atoms with Crippen LogP contribution in [0.4, 0.5) is 0 Å². The third kappa shape index (κ3) is 2.16. The quantitative estimate of drug-likeness (QED) is 0.532. The second-order valence-electron chi connectivity index (χ2n) is 5.67. The van der Waals surface area contributed by atoms with Crippen molar-refractivity contribution in [2.75, 3.05) is 0 Å². The van der Waals surface area contributed by atoms with Gasteiger partial charge in [-0.1, -0.05) is 24.6 Å². The summed E-state index contributed by atoms with van der Waals surface area (Å²) in [7, 11) is 0. The maximum Gasteiger partial charge on any atom is 0.267 e. The summed E-state index contributed by atoms with van der Waals surface area (Å²) >= 11 is 7.14. The lowest BCUT2D eigenvalue weighted by molar-refractivity contribution is 0.713. The molecule has 5 heteroatoms. The van der Waals surface area contributed by atoms with E-state index in [2.05, 4.69) is 4.98 Å². The van der Waals surface area contributed by atoms with Crippen LogP contribution in [-0.4, -0.2) is 9.55 Å². The molecule has 0 bridgehead atoms. The molecule has 0 aliphatic heterocycles. The van der Waals surface area contributed by atoms with Crippen LogP contribution in [0.3, 0.4) is 0 Å². The van der Waals surface area contributed by atoms with E-state index in [0.717, 1.165) is 28.7 Å². The van der Waals surface area contributed by atoms with Crippen LogP contribution in [0.15, 0.2) is 35.1 Å². The highest BCUT2D eigenvalue weighted by Gasteiger charge is 2.19. The Kier molecular flexibility index (Phi) is 3.47. The number of nitrogens with one attached hydrogen (secondary N) is 1. The van der Waals surface area contributed by atoms with Crippen molar-refractivity contribution < 1.29 is 0 Å². The molecular formula is C17H16N2OS2. The van der Waals surface area contributed by atoms with Crippen molar-refractivity contribution >= 4 is 33.8 Å². The Morgan fingerprint density at radius 3 is 2.68 bits per heavy atom. The van der Waals surface area contributed by atoms with E-state index in [1.807, 2.05) is 30.3 Å². The van der Waals surface area contributed by atoms with Crippen molar-refractivity contribution in [3.05, 3.63) is 55.9 Å². The van der Waals surface area contributed by atoms with Gasteiger partial charge in [0.2, 0.25) is 0 Å². The number of hydrogen-bond donors (Lipinski definition) is 1. The summed E-state index contributed by atoms with van der Waals surface area (Å²) in [6, 6.07) is 9.63. The molecule has 112 valence electrons. The number of para-hydroxylation sites is 1. The van der Waals surface area contributed by atoms with Gasteiger partial charge in [0.25, 0.3) is 5.56 Å². The molecule has 0 saturated heterocycles. The summed E-state index contributed by atoms with van der Waals surface area (Å²) < 4.78 is 2.09. The highest BCUT2D eigenvalue weighted by molar-refractivity contribution is 7.71. The third-order valence-electron chi connectivity index (χ3n) is 4.28. The number of aromatic nitrogens is 2. The molecule has 1 N–H and O–H groups in total. The Labute approximate surface area is 137 Å². The molecule has 4 rings (SSSR count). The number of rotatable bonds is 1. The van der Waals surface area contributed by atoms with Crippen molar-refractivity contribution in [3.8, 4) is 5.69 Å². The van der Waals surface area contributed by atoms with Crippen LogP contribution in [0.5, 0.6) is 0 Å². The summed E-state index contributed by atoms with van der Waals surface area (Å²) in [6.07, 6.45) is 5.72. The van der Waals surface area contributed by atoms with Crippen LogP contribution in [-0.2, 0) is 12.8 Å². The lowest BCUT2D eigenvalue weighted by atomic mass is 10.1. The van der Waals surface area contributed by atoms with Gasteiger partial charge in [0, 0.05) is 4.88 Å². The number of fused-ring (bicyclic) bond motifs is 3. The maximum absolute atomic E-state index is 13.1. The molecule has 0 amide bonds. The number of nitrogens with zero attached hydrogens (tertiary/aromatic N) is 1. The van der Waals surface area contributed by atoms with Gasteiger partial charge >= 0.3 is 0 Å². The van der Waals surface area contributed by atoms with Crippen LogP contribution in [0.25, 0.3) is 15.9 Å². The number of aromatic amines is 1. The van der Waals surface area contributed by atoms with Crippen molar-refractivity contribution in [1.82, 2.24) is 9.55 Å². The lowest BCUT2D eigenvalue weighted by Gasteiger charge is -2.07. The van der Waals surface area contributed by atoms with E-state index in [-0.39, 0.29) is 5.56 Å². The molecule has 2 aromatic heterocycles. The molecule has 0 atom stereocenters. The first kappa shape index (κ1) is 13.9. The fourth-order valence-corrected chi connectivity index (χ4v) is 4.86. The second-order valence-corrected chi connectivity index (χ2v) is 7.17. The predicted molar refractivity (Wildman–Crippen MR) is 93.9 cm³/mol. The number of H-pyrrole nitrogens is 1. The van der Waals surface area contributed by atoms with E-state index in [9.17, 15) is 4.79 Å².